The number of nitrogens with one attached hydrogen (secondary N) is 2. The van der Waals surface area contributed by atoms with Crippen LogP contribution in [0.2, 0.25) is 0 Å². The lowest BCUT2D eigenvalue weighted by molar-refractivity contribution is 0.0950. The number of H-pyrrole nitrogens is 1. The Kier molecular flexibility index (Phi) is 2.64. The van der Waals surface area contributed by atoms with Crippen LogP contribution in [-0.2, 0) is 6.54 Å². The van der Waals surface area contributed by atoms with Crippen LogP contribution < -0.4 is 14.8 Å². The molecule has 3 rings (SSSR count). The third kappa shape index (κ3) is 2.02. The fourth-order valence-electron chi connectivity index (χ4n) is 1.79. The number of fused-ring (bicyclic) bond motifs is 1. The van der Waals surface area contributed by atoms with E-state index >= 15 is 0 Å². The highest BCUT2D eigenvalue weighted by atomic mass is 16.7. The second-order valence-electron chi connectivity index (χ2n) is 3.97. The zero-order chi connectivity index (χ0) is 12.4. The number of benzene rings is 1. The van der Waals surface area contributed by atoms with Gasteiger partial charge in [-0.3, -0.25) is 4.79 Å². The molecule has 1 aromatic carbocycles. The van der Waals surface area contributed by atoms with Crippen molar-refractivity contribution in [3.8, 4) is 11.5 Å². The van der Waals surface area contributed by atoms with E-state index in [2.05, 4.69) is 10.3 Å². The van der Waals surface area contributed by atoms with Gasteiger partial charge in [-0.05, 0) is 29.8 Å². The summed E-state index contributed by atoms with van der Waals surface area (Å²) >= 11 is 0. The van der Waals surface area contributed by atoms with Crippen molar-refractivity contribution in [2.45, 2.75) is 6.54 Å². The van der Waals surface area contributed by atoms with Crippen molar-refractivity contribution in [1.29, 1.82) is 0 Å². The zero-order valence-electron chi connectivity index (χ0n) is 9.60. The maximum atomic E-state index is 11.9. The van der Waals surface area contributed by atoms with Gasteiger partial charge in [-0.25, -0.2) is 0 Å². The van der Waals surface area contributed by atoms with E-state index in [4.69, 9.17) is 9.47 Å². The number of hydrogen-bond acceptors (Lipinski definition) is 3. The van der Waals surface area contributed by atoms with E-state index in [0.717, 1.165) is 5.56 Å². The summed E-state index contributed by atoms with van der Waals surface area (Å²) in [6, 6.07) is 7.07. The predicted molar refractivity (Wildman–Crippen MR) is 64.5 cm³/mol. The molecular formula is C13H12N2O3. The number of aromatic amines is 1. The van der Waals surface area contributed by atoms with Gasteiger partial charge >= 0.3 is 0 Å². The Bertz CT molecular complexity index is 564. The fourth-order valence-corrected chi connectivity index (χ4v) is 1.79. The lowest BCUT2D eigenvalue weighted by Gasteiger charge is -2.04. The van der Waals surface area contributed by atoms with Gasteiger partial charge in [-0.15, -0.1) is 0 Å². The number of hydrogen-bond donors (Lipinski definition) is 2. The first-order valence-corrected chi connectivity index (χ1v) is 5.62. The smallest absolute Gasteiger partial charge is 0.251 e. The van der Waals surface area contributed by atoms with Crippen molar-refractivity contribution in [3.05, 3.63) is 47.8 Å². The highest BCUT2D eigenvalue weighted by Crippen LogP contribution is 2.32. The largest absolute Gasteiger partial charge is 0.454 e. The molecule has 5 heteroatoms. The molecule has 0 radical (unpaired) electrons. The Morgan fingerprint density at radius 3 is 3.00 bits per heavy atom. The third-order valence-electron chi connectivity index (χ3n) is 2.75. The van der Waals surface area contributed by atoms with Gasteiger partial charge in [0.2, 0.25) is 6.79 Å². The van der Waals surface area contributed by atoms with Crippen molar-refractivity contribution in [1.82, 2.24) is 10.3 Å². The highest BCUT2D eigenvalue weighted by Gasteiger charge is 2.15. The van der Waals surface area contributed by atoms with E-state index in [1.165, 1.54) is 0 Å². The quantitative estimate of drug-likeness (QED) is 0.863. The maximum Gasteiger partial charge on any atom is 0.251 e. The average molecular weight is 244 g/mol. The summed E-state index contributed by atoms with van der Waals surface area (Å²) in [5, 5.41) is 2.84. The first-order valence-electron chi connectivity index (χ1n) is 5.62. The van der Waals surface area contributed by atoms with Crippen LogP contribution in [0.25, 0.3) is 0 Å². The van der Waals surface area contributed by atoms with Crippen molar-refractivity contribution in [2.75, 3.05) is 6.79 Å². The molecule has 0 atom stereocenters. The molecule has 2 heterocycles. The van der Waals surface area contributed by atoms with Crippen molar-refractivity contribution in [2.24, 2.45) is 0 Å². The lowest BCUT2D eigenvalue weighted by Crippen LogP contribution is -2.22. The minimum atomic E-state index is -0.130. The summed E-state index contributed by atoms with van der Waals surface area (Å²) in [5.41, 5.74) is 1.60. The van der Waals surface area contributed by atoms with E-state index in [0.29, 0.717) is 23.6 Å². The van der Waals surface area contributed by atoms with Crippen LogP contribution in [-0.4, -0.2) is 17.7 Å². The van der Waals surface area contributed by atoms with Crippen molar-refractivity contribution >= 4 is 5.91 Å². The minimum absolute atomic E-state index is 0.130. The van der Waals surface area contributed by atoms with Gasteiger partial charge in [0, 0.05) is 24.5 Å². The van der Waals surface area contributed by atoms with Crippen LogP contribution in [0.5, 0.6) is 11.5 Å². The molecule has 0 unspecified atom stereocenters. The van der Waals surface area contributed by atoms with Gasteiger partial charge in [0.15, 0.2) is 11.5 Å². The highest BCUT2D eigenvalue weighted by molar-refractivity contribution is 5.94. The van der Waals surface area contributed by atoms with Gasteiger partial charge in [0.1, 0.15) is 0 Å². The Hall–Kier alpha value is -2.43. The normalized spacial score (nSPS) is 12.4. The van der Waals surface area contributed by atoms with Crippen LogP contribution >= 0.6 is 0 Å². The molecule has 18 heavy (non-hydrogen) atoms. The number of rotatable bonds is 3. The number of carbonyl (C=O) groups is 1. The molecule has 0 saturated heterocycles. The first kappa shape index (κ1) is 10.7. The maximum absolute atomic E-state index is 11.9. The second kappa shape index (κ2) is 4.44. The summed E-state index contributed by atoms with van der Waals surface area (Å²) < 4.78 is 10.4. The molecule has 0 aliphatic carbocycles. The predicted octanol–water partition coefficient (Wildman–Crippen LogP) is 1.67. The minimum Gasteiger partial charge on any atom is -0.454 e. The fraction of sp³-hybridized carbons (Fsp3) is 0.154. The van der Waals surface area contributed by atoms with E-state index in [-0.39, 0.29) is 12.7 Å². The molecule has 1 aromatic heterocycles. The van der Waals surface area contributed by atoms with Gasteiger partial charge in [-0.2, -0.15) is 0 Å². The van der Waals surface area contributed by atoms with Crippen molar-refractivity contribution < 1.29 is 14.3 Å². The SMILES string of the molecule is O=C(NCc1cc[nH]c1)c1ccc2c(c1)OCO2. The molecule has 0 bridgehead atoms. The van der Waals surface area contributed by atoms with E-state index in [1.54, 1.807) is 18.2 Å². The zero-order valence-corrected chi connectivity index (χ0v) is 9.60. The number of carbonyl (C=O) groups excluding carboxylic acids is 1. The van der Waals surface area contributed by atoms with Gasteiger partial charge in [0.05, 0.1) is 0 Å². The molecule has 1 amide bonds. The average Bonchev–Trinajstić information content (AvgIpc) is 3.05. The third-order valence-corrected chi connectivity index (χ3v) is 2.75. The number of ether oxygens (including phenoxy) is 2. The molecule has 0 saturated carbocycles. The Morgan fingerprint density at radius 2 is 2.17 bits per heavy atom. The van der Waals surface area contributed by atoms with Crippen molar-refractivity contribution in [3.63, 3.8) is 0 Å². The van der Waals surface area contributed by atoms with Gasteiger partial charge in [-0.1, -0.05) is 0 Å². The standard InChI is InChI=1S/C13H12N2O3/c16-13(15-7-9-3-4-14-6-9)10-1-2-11-12(5-10)18-8-17-11/h1-6,14H,7-8H2,(H,15,16). The Balaban J connectivity index is 1.69. The van der Waals surface area contributed by atoms with Gasteiger partial charge < -0.3 is 19.8 Å². The summed E-state index contributed by atoms with van der Waals surface area (Å²) in [4.78, 5) is 14.9. The second-order valence-corrected chi connectivity index (χ2v) is 3.97. The lowest BCUT2D eigenvalue weighted by atomic mass is 10.2. The number of amides is 1. The molecule has 1 aliphatic rings. The molecule has 0 spiro atoms. The Labute approximate surface area is 104 Å². The molecule has 0 fully saturated rings. The van der Waals surface area contributed by atoms with Crippen LogP contribution in [0, 0.1) is 0 Å². The molecule has 1 aliphatic heterocycles. The van der Waals surface area contributed by atoms with E-state index in [1.807, 2.05) is 18.5 Å². The Morgan fingerprint density at radius 1 is 1.28 bits per heavy atom. The molecule has 2 aromatic rings. The summed E-state index contributed by atoms with van der Waals surface area (Å²) in [5.74, 6) is 1.16. The first-order chi connectivity index (χ1) is 8.83. The topological polar surface area (TPSA) is 63.4 Å². The molecule has 2 N–H and O–H groups in total. The van der Waals surface area contributed by atoms with Crippen LogP contribution in [0.1, 0.15) is 15.9 Å². The molecule has 92 valence electrons. The molecular weight excluding hydrogens is 232 g/mol. The van der Waals surface area contributed by atoms with Crippen LogP contribution in [0.15, 0.2) is 36.7 Å². The summed E-state index contributed by atoms with van der Waals surface area (Å²) in [6.07, 6.45) is 3.67. The molecule has 5 nitrogen and oxygen atoms in total. The van der Waals surface area contributed by atoms with E-state index in [9.17, 15) is 4.79 Å². The van der Waals surface area contributed by atoms with Crippen LogP contribution in [0.3, 0.4) is 0 Å². The summed E-state index contributed by atoms with van der Waals surface area (Å²) in [6.45, 7) is 0.709. The van der Waals surface area contributed by atoms with Gasteiger partial charge in [0.25, 0.3) is 5.91 Å². The number of aromatic nitrogens is 1. The van der Waals surface area contributed by atoms with Crippen LogP contribution in [0.4, 0.5) is 0 Å². The summed E-state index contributed by atoms with van der Waals surface area (Å²) in [7, 11) is 0. The van der Waals surface area contributed by atoms with E-state index < -0.39 is 0 Å². The monoisotopic (exact) mass is 244 g/mol.